The van der Waals surface area contributed by atoms with Gasteiger partial charge in [0, 0.05) is 4.90 Å². The van der Waals surface area contributed by atoms with Crippen LogP contribution in [0.4, 0.5) is 0 Å². The molecule has 0 spiro atoms. The van der Waals surface area contributed by atoms with Gasteiger partial charge in [0.05, 0.1) is 6.61 Å². The molecule has 0 saturated heterocycles. The van der Waals surface area contributed by atoms with E-state index in [0.29, 0.717) is 0 Å². The molecule has 0 saturated carbocycles. The molecule has 2 aromatic carbocycles. The monoisotopic (exact) mass is 258 g/mol. The number of ether oxygens (including phenoxy) is 1. The molecule has 2 rings (SSSR count). The molecule has 0 amide bonds. The third kappa shape index (κ3) is 3.54. The third-order valence-corrected chi connectivity index (χ3v) is 3.12. The molecular formula is C16H18OS. The highest BCUT2D eigenvalue weighted by Gasteiger charge is 1.98. The molecule has 0 aromatic heterocycles. The van der Waals surface area contributed by atoms with Gasteiger partial charge in [-0.05, 0) is 41.8 Å². The van der Waals surface area contributed by atoms with Crippen LogP contribution in [0.25, 0.3) is 11.1 Å². The van der Waals surface area contributed by atoms with E-state index in [9.17, 15) is 0 Å². The number of unbranched alkanes of at least 4 members (excludes halogenated alkanes) is 1. The largest absolute Gasteiger partial charge is 0.494 e. The minimum atomic E-state index is 0.796. The second-order valence-corrected chi connectivity index (χ2v) is 4.79. The fraction of sp³-hybridized carbons (Fsp3) is 0.250. The van der Waals surface area contributed by atoms with E-state index in [4.69, 9.17) is 4.74 Å². The molecule has 94 valence electrons. The molecule has 0 radical (unpaired) electrons. The predicted octanol–water partition coefficient (Wildman–Crippen LogP) is 4.82. The molecule has 0 atom stereocenters. The van der Waals surface area contributed by atoms with E-state index in [0.717, 1.165) is 30.1 Å². The van der Waals surface area contributed by atoms with Gasteiger partial charge in [-0.3, -0.25) is 0 Å². The summed E-state index contributed by atoms with van der Waals surface area (Å²) in [5, 5.41) is 0. The van der Waals surface area contributed by atoms with Gasteiger partial charge in [0.2, 0.25) is 0 Å². The van der Waals surface area contributed by atoms with Crippen molar-refractivity contribution >= 4 is 12.6 Å². The van der Waals surface area contributed by atoms with Crippen molar-refractivity contribution in [2.24, 2.45) is 0 Å². The highest BCUT2D eigenvalue weighted by molar-refractivity contribution is 7.80. The van der Waals surface area contributed by atoms with Crippen molar-refractivity contribution in [3.63, 3.8) is 0 Å². The maximum absolute atomic E-state index is 5.64. The second-order valence-electron chi connectivity index (χ2n) is 4.27. The van der Waals surface area contributed by atoms with Gasteiger partial charge in [-0.25, -0.2) is 0 Å². The number of rotatable bonds is 5. The molecule has 0 N–H and O–H groups in total. The van der Waals surface area contributed by atoms with Gasteiger partial charge in [0.25, 0.3) is 0 Å². The molecule has 2 heteroatoms. The molecule has 0 aliphatic heterocycles. The normalized spacial score (nSPS) is 10.3. The summed E-state index contributed by atoms with van der Waals surface area (Å²) in [7, 11) is 0. The van der Waals surface area contributed by atoms with E-state index in [1.807, 2.05) is 24.3 Å². The smallest absolute Gasteiger partial charge is 0.119 e. The van der Waals surface area contributed by atoms with Crippen LogP contribution in [0.5, 0.6) is 5.75 Å². The second kappa shape index (κ2) is 6.50. The van der Waals surface area contributed by atoms with Crippen molar-refractivity contribution in [1.82, 2.24) is 0 Å². The lowest BCUT2D eigenvalue weighted by atomic mass is 10.1. The molecule has 0 aliphatic carbocycles. The summed E-state index contributed by atoms with van der Waals surface area (Å²) in [5.41, 5.74) is 2.40. The molecule has 0 fully saturated rings. The molecule has 2 aromatic rings. The van der Waals surface area contributed by atoms with Gasteiger partial charge < -0.3 is 4.74 Å². The zero-order valence-electron chi connectivity index (χ0n) is 10.6. The fourth-order valence-electron chi connectivity index (χ4n) is 1.73. The first-order valence-corrected chi connectivity index (χ1v) is 6.76. The van der Waals surface area contributed by atoms with E-state index >= 15 is 0 Å². The maximum atomic E-state index is 5.64. The topological polar surface area (TPSA) is 9.23 Å². The standard InChI is InChI=1S/C16H18OS/c1-2-3-12-17-15-8-4-13(5-9-15)14-6-10-16(18)11-7-14/h4-11,18H,2-3,12H2,1H3. The lowest BCUT2D eigenvalue weighted by Crippen LogP contribution is -1.95. The van der Waals surface area contributed by atoms with Crippen LogP contribution in [0.3, 0.4) is 0 Å². The van der Waals surface area contributed by atoms with E-state index in [2.05, 4.69) is 43.8 Å². The predicted molar refractivity (Wildman–Crippen MR) is 79.5 cm³/mol. The first-order chi connectivity index (χ1) is 8.79. The highest BCUT2D eigenvalue weighted by atomic mass is 32.1. The maximum Gasteiger partial charge on any atom is 0.119 e. The summed E-state index contributed by atoms with van der Waals surface area (Å²) in [6.45, 7) is 2.96. The Kier molecular flexibility index (Phi) is 4.71. The molecule has 0 bridgehead atoms. The van der Waals surface area contributed by atoms with Crippen LogP contribution in [-0.2, 0) is 0 Å². The first-order valence-electron chi connectivity index (χ1n) is 6.32. The SMILES string of the molecule is CCCCOc1ccc(-c2ccc(S)cc2)cc1. The fourth-order valence-corrected chi connectivity index (χ4v) is 1.88. The van der Waals surface area contributed by atoms with Crippen molar-refractivity contribution in [2.45, 2.75) is 24.7 Å². The lowest BCUT2D eigenvalue weighted by Gasteiger charge is -2.07. The van der Waals surface area contributed by atoms with Gasteiger partial charge in [-0.2, -0.15) is 0 Å². The van der Waals surface area contributed by atoms with Gasteiger partial charge in [-0.15, -0.1) is 12.6 Å². The highest BCUT2D eigenvalue weighted by Crippen LogP contribution is 2.23. The Bertz CT molecular complexity index is 473. The Hall–Kier alpha value is -1.41. The quantitative estimate of drug-likeness (QED) is 0.597. The molecule has 0 heterocycles. The number of hydrogen-bond donors (Lipinski definition) is 1. The minimum Gasteiger partial charge on any atom is -0.494 e. The molecule has 1 nitrogen and oxygen atoms in total. The van der Waals surface area contributed by atoms with Crippen LogP contribution in [0, 0.1) is 0 Å². The average molecular weight is 258 g/mol. The third-order valence-electron chi connectivity index (χ3n) is 2.82. The van der Waals surface area contributed by atoms with Crippen LogP contribution in [0.1, 0.15) is 19.8 Å². The van der Waals surface area contributed by atoms with Gasteiger partial charge >= 0.3 is 0 Å². The van der Waals surface area contributed by atoms with E-state index in [-0.39, 0.29) is 0 Å². The van der Waals surface area contributed by atoms with Gasteiger partial charge in [0.1, 0.15) is 5.75 Å². The van der Waals surface area contributed by atoms with Crippen molar-refractivity contribution in [2.75, 3.05) is 6.61 Å². The van der Waals surface area contributed by atoms with Crippen LogP contribution in [0.15, 0.2) is 53.4 Å². The number of benzene rings is 2. The average Bonchev–Trinajstić information content (AvgIpc) is 2.41. The first kappa shape index (κ1) is 13.0. The van der Waals surface area contributed by atoms with Crippen LogP contribution < -0.4 is 4.74 Å². The van der Waals surface area contributed by atoms with Crippen molar-refractivity contribution < 1.29 is 4.74 Å². The zero-order valence-corrected chi connectivity index (χ0v) is 11.5. The summed E-state index contributed by atoms with van der Waals surface area (Å²) >= 11 is 4.29. The Morgan fingerprint density at radius 1 is 0.889 bits per heavy atom. The van der Waals surface area contributed by atoms with E-state index in [1.54, 1.807) is 0 Å². The van der Waals surface area contributed by atoms with E-state index in [1.165, 1.54) is 11.1 Å². The molecule has 18 heavy (non-hydrogen) atoms. The summed E-state index contributed by atoms with van der Waals surface area (Å²) in [4.78, 5) is 0.985. The summed E-state index contributed by atoms with van der Waals surface area (Å²) in [6, 6.07) is 16.4. The molecule has 0 aliphatic rings. The van der Waals surface area contributed by atoms with Crippen LogP contribution in [0.2, 0.25) is 0 Å². The van der Waals surface area contributed by atoms with Crippen LogP contribution in [-0.4, -0.2) is 6.61 Å². The van der Waals surface area contributed by atoms with Crippen molar-refractivity contribution in [1.29, 1.82) is 0 Å². The number of thiol groups is 1. The van der Waals surface area contributed by atoms with E-state index < -0.39 is 0 Å². The van der Waals surface area contributed by atoms with Crippen molar-refractivity contribution in [3.05, 3.63) is 48.5 Å². The Morgan fingerprint density at radius 3 is 2.00 bits per heavy atom. The Morgan fingerprint density at radius 2 is 1.44 bits per heavy atom. The minimum absolute atomic E-state index is 0.796. The molecule has 0 unspecified atom stereocenters. The summed E-state index contributed by atoms with van der Waals surface area (Å²) in [5.74, 6) is 0.943. The zero-order chi connectivity index (χ0) is 12.8. The summed E-state index contributed by atoms with van der Waals surface area (Å²) < 4.78 is 5.64. The number of hydrogen-bond acceptors (Lipinski definition) is 2. The van der Waals surface area contributed by atoms with Gasteiger partial charge in [0.15, 0.2) is 0 Å². The lowest BCUT2D eigenvalue weighted by molar-refractivity contribution is 0.309. The van der Waals surface area contributed by atoms with Crippen molar-refractivity contribution in [3.8, 4) is 16.9 Å². The Balaban J connectivity index is 2.05. The summed E-state index contributed by atoms with van der Waals surface area (Å²) in [6.07, 6.45) is 2.26. The molecular weight excluding hydrogens is 240 g/mol. The Labute approximate surface area is 114 Å². The van der Waals surface area contributed by atoms with Gasteiger partial charge in [-0.1, -0.05) is 37.6 Å². The van der Waals surface area contributed by atoms with Crippen LogP contribution >= 0.6 is 12.6 Å².